The molecule has 0 saturated heterocycles. The van der Waals surface area contributed by atoms with E-state index in [0.717, 1.165) is 77.0 Å². The van der Waals surface area contributed by atoms with E-state index in [1.54, 1.807) is 0 Å². The number of rotatable bonds is 96. The molecule has 0 radical (unpaired) electrons. The van der Waals surface area contributed by atoms with Crippen molar-refractivity contribution in [2.75, 3.05) is 0 Å². The Hall–Kier alpha value is -2.34. The maximum absolute atomic E-state index is 10.2. The zero-order valence-electron chi connectivity index (χ0n) is 83.0. The molecule has 0 N–H and O–H groups in total. The minimum Gasteiger partial charge on any atom is -0.550 e. The van der Waals surface area contributed by atoms with Crippen LogP contribution in [-0.4, -0.2) is 46.8 Å². The summed E-state index contributed by atoms with van der Waals surface area (Å²) in [7, 11) is 0. The molecule has 122 heavy (non-hydrogen) atoms. The third kappa shape index (κ3) is 161. The minimum absolute atomic E-state index is 0. The van der Waals surface area contributed by atoms with Crippen LogP contribution in [0.4, 0.5) is 0 Å². The Bertz CT molecular complexity index is 1570. The van der Waals surface area contributed by atoms with Gasteiger partial charge in [-0.15, -0.1) is 0 Å². The maximum atomic E-state index is 10.2. The van der Waals surface area contributed by atoms with E-state index in [1.807, 2.05) is 0 Å². The predicted molar refractivity (Wildman–Crippen MR) is 513 cm³/mol. The van der Waals surface area contributed by atoms with Crippen LogP contribution < -0.4 is 30.6 Å². The Morgan fingerprint density at radius 2 is 0.164 bits per heavy atom. The van der Waals surface area contributed by atoms with Crippen LogP contribution in [0.3, 0.4) is 0 Å². The number of hydrogen-bond donors (Lipinski definition) is 0. The summed E-state index contributed by atoms with van der Waals surface area (Å²) in [6, 6.07) is 0. The Kier molecular flexibility index (Phi) is 146. The first-order chi connectivity index (χ1) is 58.6. The molecule has 0 amide bonds. The van der Waals surface area contributed by atoms with Gasteiger partial charge in [0.25, 0.3) is 0 Å². The van der Waals surface area contributed by atoms with Crippen molar-refractivity contribution in [3.63, 3.8) is 0 Å². The van der Waals surface area contributed by atoms with Gasteiger partial charge in [-0.25, -0.2) is 0 Å². The first kappa shape index (κ1) is 135. The van der Waals surface area contributed by atoms with Gasteiger partial charge in [0, 0.05) is 35.8 Å². The molecule has 0 atom stereocenters. The van der Waals surface area contributed by atoms with Gasteiger partial charge in [-0.05, 0) is 77.0 Å². The Labute approximate surface area is 778 Å². The minimum atomic E-state index is -0.903. The molecule has 0 unspecified atom stereocenters. The molecule has 0 spiro atoms. The number of carboxylic acids is 6. The zero-order valence-corrected chi connectivity index (χ0v) is 87.0. The quantitative estimate of drug-likeness (QED) is 0.0408. The maximum Gasteiger partial charge on any atom is 4.00 e. The van der Waals surface area contributed by atoms with Crippen molar-refractivity contribution in [3.05, 3.63) is 0 Å². The van der Waals surface area contributed by atoms with Gasteiger partial charge in [-0.1, -0.05) is 581 Å². The molecule has 0 aromatic carbocycles. The van der Waals surface area contributed by atoms with Crippen molar-refractivity contribution in [2.24, 2.45) is 0 Å². The summed E-state index contributed by atoms with van der Waals surface area (Å²) in [5, 5.41) is 61.3. The van der Waals surface area contributed by atoms with Crippen molar-refractivity contribution in [1.29, 1.82) is 0 Å². The molecule has 0 rings (SSSR count). The standard InChI is InChI=1S/6C18H36O2.Si.Zn/c6*1-2-3-4-5-6-7-8-9-10-11-12-13-14-15-16-17-18(19)20;;/h6*2-17H2,1H3,(H,19,20);;/q;;;;;;+4;+2/p-6. The van der Waals surface area contributed by atoms with Crippen LogP contribution in [0.5, 0.6) is 0 Å². The third-order valence-electron chi connectivity index (χ3n) is 23.9. The van der Waals surface area contributed by atoms with Crippen molar-refractivity contribution in [2.45, 2.75) is 658 Å². The molecule has 0 saturated carbocycles. The van der Waals surface area contributed by atoms with E-state index in [4.69, 9.17) is 0 Å². The summed E-state index contributed by atoms with van der Waals surface area (Å²) in [4.78, 5) is 61.3. The Morgan fingerprint density at radius 3 is 0.213 bits per heavy atom. The van der Waals surface area contributed by atoms with Gasteiger partial charge in [0.05, 0.1) is 0 Å². The van der Waals surface area contributed by atoms with Crippen molar-refractivity contribution < 1.29 is 78.9 Å². The molecular weight excluding hydrogens is 1580 g/mol. The van der Waals surface area contributed by atoms with Gasteiger partial charge in [-0.2, -0.15) is 0 Å². The van der Waals surface area contributed by atoms with Gasteiger partial charge in [-0.3, -0.25) is 0 Å². The number of carboxylic acid groups (broad SMARTS) is 6. The summed E-state index contributed by atoms with van der Waals surface area (Å²) < 4.78 is 0. The van der Waals surface area contributed by atoms with Gasteiger partial charge >= 0.3 is 30.4 Å². The largest absolute Gasteiger partial charge is 4.00 e. The second-order valence-corrected chi connectivity index (χ2v) is 36.4. The van der Waals surface area contributed by atoms with Crippen LogP contribution in [0.2, 0.25) is 0 Å². The number of hydrogen-bond acceptors (Lipinski definition) is 12. The number of carbonyl (C=O) groups excluding carboxylic acids is 6. The molecule has 0 aliphatic heterocycles. The SMILES string of the molecule is CCCCCCCCCCCCCCCCCC(=O)[O-].CCCCCCCCCCCCCCCCCC(=O)[O-].CCCCCCCCCCCCCCCCCC(=O)[O-].CCCCCCCCCCCCCCCCCC(=O)[O-].CCCCCCCCCCCCCCCCCC(=O)[O-].CCCCCCCCCCCCCCCCCC(=O)[O-].[Si+4].[Zn+2]. The van der Waals surface area contributed by atoms with Crippen LogP contribution in [0.1, 0.15) is 658 Å². The fourth-order valence-corrected chi connectivity index (χ4v) is 15.8. The van der Waals surface area contributed by atoms with Crippen molar-refractivity contribution in [3.8, 4) is 0 Å². The number of carbonyl (C=O) groups is 6. The fourth-order valence-electron chi connectivity index (χ4n) is 15.8. The molecule has 0 aliphatic rings. The van der Waals surface area contributed by atoms with E-state index in [0.29, 0.717) is 0 Å². The van der Waals surface area contributed by atoms with E-state index < -0.39 is 35.8 Å². The van der Waals surface area contributed by atoms with Gasteiger partial charge < -0.3 is 59.4 Å². The van der Waals surface area contributed by atoms with Crippen LogP contribution in [0.25, 0.3) is 0 Å². The smallest absolute Gasteiger partial charge is 0.550 e. The van der Waals surface area contributed by atoms with E-state index in [-0.39, 0.29) is 69.0 Å². The summed E-state index contributed by atoms with van der Waals surface area (Å²) in [5.74, 6) is -5.42. The normalized spacial score (nSPS) is 10.7. The molecule has 14 heteroatoms. The summed E-state index contributed by atoms with van der Waals surface area (Å²) in [6.07, 6.45) is 119. The van der Waals surface area contributed by atoms with E-state index in [1.165, 1.54) is 501 Å². The molecule has 0 fully saturated rings. The zero-order chi connectivity index (χ0) is 89.3. The molecule has 0 heterocycles. The van der Waals surface area contributed by atoms with Crippen LogP contribution in [-0.2, 0) is 48.2 Å². The topological polar surface area (TPSA) is 241 Å². The van der Waals surface area contributed by atoms with Crippen LogP contribution in [0.15, 0.2) is 0 Å². The van der Waals surface area contributed by atoms with E-state index in [9.17, 15) is 59.4 Å². The molecule has 720 valence electrons. The Morgan fingerprint density at radius 1 is 0.115 bits per heavy atom. The molecule has 12 nitrogen and oxygen atoms in total. The number of aliphatic carboxylic acids is 6. The summed E-state index contributed by atoms with van der Waals surface area (Å²) >= 11 is 0. The van der Waals surface area contributed by atoms with Crippen molar-refractivity contribution in [1.82, 2.24) is 0 Å². The summed E-state index contributed by atoms with van der Waals surface area (Å²) in [5.41, 5.74) is 0. The predicted octanol–water partition coefficient (Wildman–Crippen LogP) is 29.6. The monoisotopic (exact) mass is 1790 g/mol. The van der Waals surface area contributed by atoms with Gasteiger partial charge in [0.1, 0.15) is 0 Å². The van der Waals surface area contributed by atoms with E-state index >= 15 is 0 Å². The van der Waals surface area contributed by atoms with Crippen LogP contribution in [0, 0.1) is 0 Å². The first-order valence-corrected chi connectivity index (χ1v) is 53.8. The molecular formula is C108H210O12SiZn. The Balaban J connectivity index is -0.000000212. The second kappa shape index (κ2) is 132. The van der Waals surface area contributed by atoms with Crippen LogP contribution >= 0.6 is 0 Å². The average Bonchev–Trinajstić information content (AvgIpc) is 1.20. The average molecular weight is 1790 g/mol. The molecule has 0 aromatic rings. The fraction of sp³-hybridized carbons (Fsp3) is 0.944. The third-order valence-corrected chi connectivity index (χ3v) is 23.9. The van der Waals surface area contributed by atoms with Gasteiger partial charge in [0.15, 0.2) is 0 Å². The summed E-state index contributed by atoms with van der Waals surface area (Å²) in [6.45, 7) is 13.6. The first-order valence-electron chi connectivity index (χ1n) is 53.8. The molecule has 0 aromatic heterocycles. The number of unbranched alkanes of at least 4 members (excludes halogenated alkanes) is 84. The van der Waals surface area contributed by atoms with Gasteiger partial charge in [0.2, 0.25) is 0 Å². The van der Waals surface area contributed by atoms with Crippen molar-refractivity contribution >= 4 is 46.8 Å². The molecule has 0 aliphatic carbocycles. The second-order valence-electron chi connectivity index (χ2n) is 36.4. The molecule has 0 bridgehead atoms. The van der Waals surface area contributed by atoms with E-state index in [2.05, 4.69) is 41.5 Å².